The molecule has 1 aromatic carbocycles. The van der Waals surface area contributed by atoms with E-state index in [4.69, 9.17) is 10.5 Å². The van der Waals surface area contributed by atoms with Crippen molar-refractivity contribution < 1.29 is 5.21 Å². The molecule has 21 heavy (non-hydrogen) atoms. The molecule has 0 aromatic heterocycles. The van der Waals surface area contributed by atoms with Crippen LogP contribution in [0.1, 0.15) is 45.1 Å². The lowest BCUT2D eigenvalue weighted by Gasteiger charge is -2.31. The van der Waals surface area contributed by atoms with Gasteiger partial charge in [0.1, 0.15) is 0 Å². The molecule has 1 aliphatic heterocycles. The van der Waals surface area contributed by atoms with Crippen LogP contribution in [0, 0.1) is 16.7 Å². The molecule has 0 saturated heterocycles. The van der Waals surface area contributed by atoms with Crippen molar-refractivity contribution in [3.8, 4) is 6.07 Å². The van der Waals surface area contributed by atoms with Crippen molar-refractivity contribution in [1.29, 1.82) is 5.26 Å². The highest BCUT2D eigenvalue weighted by atomic mass is 16.4. The van der Waals surface area contributed by atoms with Crippen LogP contribution in [-0.4, -0.2) is 24.0 Å². The molecular weight excluding hydrogens is 262 g/mol. The van der Waals surface area contributed by atoms with Crippen molar-refractivity contribution in [2.45, 2.75) is 39.5 Å². The van der Waals surface area contributed by atoms with Crippen molar-refractivity contribution in [1.82, 2.24) is 0 Å². The van der Waals surface area contributed by atoms with Gasteiger partial charge in [-0.2, -0.15) is 5.26 Å². The molecule has 0 spiro atoms. The van der Waals surface area contributed by atoms with Crippen LogP contribution in [0.3, 0.4) is 0 Å². The molecule has 0 aliphatic carbocycles. The molecule has 0 atom stereocenters. The van der Waals surface area contributed by atoms with E-state index in [9.17, 15) is 0 Å². The lowest BCUT2D eigenvalue weighted by Crippen LogP contribution is -2.33. The molecule has 1 aliphatic rings. The third-order valence-corrected chi connectivity index (χ3v) is 4.08. The summed E-state index contributed by atoms with van der Waals surface area (Å²) in [6, 6.07) is 10.4. The fraction of sp³-hybridized carbons (Fsp3) is 0.529. The predicted octanol–water partition coefficient (Wildman–Crippen LogP) is 3.80. The molecule has 1 aromatic rings. The Morgan fingerprint density at radius 2 is 2.10 bits per heavy atom. The van der Waals surface area contributed by atoms with Gasteiger partial charge in [0.05, 0.1) is 17.2 Å². The SMILES string of the molecule is CC(C)(C#N)CCCCN1CC/C(=N/O)c2ccccc21. The Bertz CT molecular complexity index is 557. The van der Waals surface area contributed by atoms with Crippen LogP contribution in [0.4, 0.5) is 5.69 Å². The van der Waals surface area contributed by atoms with Gasteiger partial charge in [-0.1, -0.05) is 29.8 Å². The van der Waals surface area contributed by atoms with Gasteiger partial charge in [-0.3, -0.25) is 0 Å². The van der Waals surface area contributed by atoms with Crippen LogP contribution in [0.15, 0.2) is 29.4 Å². The summed E-state index contributed by atoms with van der Waals surface area (Å²) in [7, 11) is 0. The fourth-order valence-corrected chi connectivity index (χ4v) is 2.75. The number of unbranched alkanes of at least 4 members (excludes halogenated alkanes) is 1. The molecule has 4 heteroatoms. The van der Waals surface area contributed by atoms with Crippen molar-refractivity contribution in [3.05, 3.63) is 29.8 Å². The largest absolute Gasteiger partial charge is 0.411 e. The summed E-state index contributed by atoms with van der Waals surface area (Å²) in [5.41, 5.74) is 2.73. The summed E-state index contributed by atoms with van der Waals surface area (Å²) >= 11 is 0. The zero-order valence-electron chi connectivity index (χ0n) is 12.8. The number of benzene rings is 1. The average Bonchev–Trinajstić information content (AvgIpc) is 2.51. The molecule has 112 valence electrons. The van der Waals surface area contributed by atoms with E-state index in [1.165, 1.54) is 0 Å². The maximum absolute atomic E-state index is 9.09. The topological polar surface area (TPSA) is 59.6 Å². The lowest BCUT2D eigenvalue weighted by atomic mass is 9.89. The van der Waals surface area contributed by atoms with Crippen molar-refractivity contribution >= 4 is 11.4 Å². The van der Waals surface area contributed by atoms with Gasteiger partial charge < -0.3 is 10.1 Å². The molecule has 4 nitrogen and oxygen atoms in total. The van der Waals surface area contributed by atoms with Crippen LogP contribution < -0.4 is 4.90 Å². The van der Waals surface area contributed by atoms with Gasteiger partial charge in [0.2, 0.25) is 0 Å². The molecule has 1 heterocycles. The molecule has 1 N–H and O–H groups in total. The summed E-state index contributed by atoms with van der Waals surface area (Å²) in [5, 5.41) is 21.5. The summed E-state index contributed by atoms with van der Waals surface area (Å²) in [4.78, 5) is 2.35. The molecule has 0 radical (unpaired) electrons. The Morgan fingerprint density at radius 1 is 1.33 bits per heavy atom. The van der Waals surface area contributed by atoms with E-state index in [0.717, 1.165) is 55.7 Å². The standard InChI is InChI=1S/C17H23N3O/c1-17(2,13-18)10-5-6-11-20-12-9-15(19-21)14-7-3-4-8-16(14)20/h3-4,7-8,21H,5-6,9-12H2,1-2H3/b19-15-. The van der Waals surface area contributed by atoms with E-state index < -0.39 is 0 Å². The Balaban J connectivity index is 1.95. The van der Waals surface area contributed by atoms with Crippen LogP contribution in [0.2, 0.25) is 0 Å². The molecular formula is C17H23N3O. The number of nitriles is 1. The highest BCUT2D eigenvalue weighted by Gasteiger charge is 2.21. The second-order valence-corrected chi connectivity index (χ2v) is 6.25. The first kappa shape index (κ1) is 15.4. The summed E-state index contributed by atoms with van der Waals surface area (Å²) < 4.78 is 0. The van der Waals surface area contributed by atoms with E-state index in [-0.39, 0.29) is 5.41 Å². The highest BCUT2D eigenvalue weighted by molar-refractivity contribution is 6.06. The Labute approximate surface area is 126 Å². The van der Waals surface area contributed by atoms with E-state index in [1.807, 2.05) is 32.0 Å². The molecule has 0 amide bonds. The van der Waals surface area contributed by atoms with Gasteiger partial charge in [0.15, 0.2) is 0 Å². The monoisotopic (exact) mass is 285 g/mol. The van der Waals surface area contributed by atoms with Gasteiger partial charge in [0, 0.05) is 30.8 Å². The third-order valence-electron chi connectivity index (χ3n) is 4.08. The van der Waals surface area contributed by atoms with Crippen molar-refractivity contribution in [2.24, 2.45) is 10.6 Å². The second kappa shape index (κ2) is 6.62. The highest BCUT2D eigenvalue weighted by Crippen LogP contribution is 2.28. The van der Waals surface area contributed by atoms with Crippen LogP contribution in [0.5, 0.6) is 0 Å². The number of hydrogen-bond acceptors (Lipinski definition) is 4. The zero-order chi connectivity index (χ0) is 15.3. The van der Waals surface area contributed by atoms with Crippen LogP contribution >= 0.6 is 0 Å². The van der Waals surface area contributed by atoms with Crippen molar-refractivity contribution in [3.63, 3.8) is 0 Å². The maximum Gasteiger partial charge on any atom is 0.0906 e. The number of para-hydroxylation sites is 1. The van der Waals surface area contributed by atoms with Crippen molar-refractivity contribution in [2.75, 3.05) is 18.0 Å². The van der Waals surface area contributed by atoms with E-state index >= 15 is 0 Å². The Hall–Kier alpha value is -2.02. The average molecular weight is 285 g/mol. The number of oxime groups is 1. The predicted molar refractivity (Wildman–Crippen MR) is 84.8 cm³/mol. The van der Waals surface area contributed by atoms with Gasteiger partial charge >= 0.3 is 0 Å². The first-order chi connectivity index (χ1) is 10.1. The second-order valence-electron chi connectivity index (χ2n) is 6.25. The number of anilines is 1. The Morgan fingerprint density at radius 3 is 2.81 bits per heavy atom. The minimum Gasteiger partial charge on any atom is -0.411 e. The van der Waals surface area contributed by atoms with Crippen LogP contribution in [0.25, 0.3) is 0 Å². The first-order valence-corrected chi connectivity index (χ1v) is 7.54. The third kappa shape index (κ3) is 3.75. The van der Waals surface area contributed by atoms with Crippen LogP contribution in [-0.2, 0) is 0 Å². The summed E-state index contributed by atoms with van der Waals surface area (Å²) in [6.45, 7) is 5.86. The van der Waals surface area contributed by atoms with E-state index in [0.29, 0.717) is 0 Å². The smallest absolute Gasteiger partial charge is 0.0906 e. The number of hydrogen-bond donors (Lipinski definition) is 1. The molecule has 0 fully saturated rings. The quantitative estimate of drug-likeness (QED) is 0.508. The summed E-state index contributed by atoms with van der Waals surface area (Å²) in [6.07, 6.45) is 3.84. The molecule has 0 unspecified atom stereocenters. The zero-order valence-corrected chi connectivity index (χ0v) is 12.8. The molecule has 0 saturated carbocycles. The number of rotatable bonds is 5. The van der Waals surface area contributed by atoms with Gasteiger partial charge in [0.25, 0.3) is 0 Å². The van der Waals surface area contributed by atoms with Gasteiger partial charge in [-0.25, -0.2) is 0 Å². The number of fused-ring (bicyclic) bond motifs is 1. The summed E-state index contributed by atoms with van der Waals surface area (Å²) in [5.74, 6) is 0. The molecule has 2 rings (SSSR count). The number of nitrogens with zero attached hydrogens (tertiary/aromatic N) is 3. The lowest BCUT2D eigenvalue weighted by molar-refractivity contribution is 0.317. The normalized spacial score (nSPS) is 16.6. The van der Waals surface area contributed by atoms with Gasteiger partial charge in [-0.15, -0.1) is 0 Å². The first-order valence-electron chi connectivity index (χ1n) is 7.54. The molecule has 0 bridgehead atoms. The fourth-order valence-electron chi connectivity index (χ4n) is 2.75. The Kier molecular flexibility index (Phi) is 4.85. The minimum absolute atomic E-state index is 0.226. The van der Waals surface area contributed by atoms with E-state index in [2.05, 4.69) is 22.2 Å². The maximum atomic E-state index is 9.09. The van der Waals surface area contributed by atoms with E-state index in [1.54, 1.807) is 0 Å². The minimum atomic E-state index is -0.226. The van der Waals surface area contributed by atoms with Gasteiger partial charge in [-0.05, 0) is 32.8 Å².